The van der Waals surface area contributed by atoms with Crippen LogP contribution in [0, 0.1) is 11.8 Å². The van der Waals surface area contributed by atoms with Gasteiger partial charge in [0.1, 0.15) is 0 Å². The lowest BCUT2D eigenvalue weighted by Crippen LogP contribution is -2.23. The Morgan fingerprint density at radius 3 is 2.46 bits per heavy atom. The molecule has 0 bridgehead atoms. The van der Waals surface area contributed by atoms with E-state index in [-0.39, 0.29) is 17.7 Å². The highest BCUT2D eigenvalue weighted by Crippen LogP contribution is 2.26. The number of benzene rings is 1. The van der Waals surface area contributed by atoms with Gasteiger partial charge in [0.15, 0.2) is 0 Å². The summed E-state index contributed by atoms with van der Waals surface area (Å²) in [5, 5.41) is 7.10. The minimum atomic E-state index is -0.274. The van der Waals surface area contributed by atoms with Crippen molar-refractivity contribution in [2.45, 2.75) is 40.5 Å². The molecule has 0 radical (unpaired) electrons. The molecule has 138 valence electrons. The van der Waals surface area contributed by atoms with Crippen molar-refractivity contribution >= 4 is 23.2 Å². The van der Waals surface area contributed by atoms with E-state index in [1.165, 1.54) is 0 Å². The van der Waals surface area contributed by atoms with Crippen molar-refractivity contribution in [3.05, 3.63) is 53.6 Å². The Morgan fingerprint density at radius 1 is 1.23 bits per heavy atom. The topological polar surface area (TPSA) is 70.6 Å². The predicted molar refractivity (Wildman–Crippen MR) is 106 cm³/mol. The van der Waals surface area contributed by atoms with E-state index >= 15 is 0 Å². The molecular weight excluding hydrogens is 326 g/mol. The Hall–Kier alpha value is -2.69. The largest absolute Gasteiger partial charge is 0.326 e. The van der Waals surface area contributed by atoms with Crippen molar-refractivity contribution in [3.63, 3.8) is 0 Å². The molecule has 1 aromatic rings. The highest BCUT2D eigenvalue weighted by atomic mass is 16.2. The first kappa shape index (κ1) is 19.6. The van der Waals surface area contributed by atoms with E-state index < -0.39 is 0 Å². The molecule has 0 fully saturated rings. The maximum absolute atomic E-state index is 12.3. The molecule has 2 N–H and O–H groups in total. The van der Waals surface area contributed by atoms with Gasteiger partial charge in [-0.25, -0.2) is 5.43 Å². The summed E-state index contributed by atoms with van der Waals surface area (Å²) in [5.74, 6) is -0.0495. The lowest BCUT2D eigenvalue weighted by atomic mass is 9.85. The van der Waals surface area contributed by atoms with Crippen molar-refractivity contribution in [1.29, 1.82) is 0 Å². The number of rotatable bonds is 5. The van der Waals surface area contributed by atoms with Crippen LogP contribution in [0.25, 0.3) is 0 Å². The van der Waals surface area contributed by atoms with Crippen LogP contribution >= 0.6 is 0 Å². The van der Waals surface area contributed by atoms with Gasteiger partial charge in [-0.3, -0.25) is 9.59 Å². The molecule has 2 amide bonds. The van der Waals surface area contributed by atoms with Gasteiger partial charge in [-0.2, -0.15) is 5.10 Å². The van der Waals surface area contributed by atoms with Gasteiger partial charge in [-0.05, 0) is 62.4 Å². The second-order valence-electron chi connectivity index (χ2n) is 7.09. The average Bonchev–Trinajstić information content (AvgIpc) is 2.61. The van der Waals surface area contributed by atoms with Crippen molar-refractivity contribution in [1.82, 2.24) is 5.43 Å². The molecule has 1 aromatic carbocycles. The normalized spacial score (nSPS) is 18.4. The number of allylic oxidation sites excluding steroid dienone is 3. The van der Waals surface area contributed by atoms with E-state index in [0.29, 0.717) is 17.2 Å². The maximum atomic E-state index is 12.3. The average molecular weight is 353 g/mol. The molecule has 1 aliphatic rings. The van der Waals surface area contributed by atoms with Crippen LogP contribution in [0.2, 0.25) is 0 Å². The highest BCUT2D eigenvalue weighted by molar-refractivity contribution is 6.02. The SMILES string of the molecule is C=C(C)C1CC=C(C)/C(=N/NC(=O)c2ccc(NC(=O)C(C)C)cc2)C1. The van der Waals surface area contributed by atoms with Crippen LogP contribution in [0.5, 0.6) is 0 Å². The summed E-state index contributed by atoms with van der Waals surface area (Å²) in [7, 11) is 0. The van der Waals surface area contributed by atoms with E-state index in [1.54, 1.807) is 24.3 Å². The predicted octanol–water partition coefficient (Wildman–Crippen LogP) is 4.30. The minimum absolute atomic E-state index is 0.0553. The summed E-state index contributed by atoms with van der Waals surface area (Å²) >= 11 is 0. The second-order valence-corrected chi connectivity index (χ2v) is 7.09. The highest BCUT2D eigenvalue weighted by Gasteiger charge is 2.19. The first-order valence-electron chi connectivity index (χ1n) is 8.88. The minimum Gasteiger partial charge on any atom is -0.326 e. The molecule has 1 atom stereocenters. The van der Waals surface area contributed by atoms with Gasteiger partial charge >= 0.3 is 0 Å². The van der Waals surface area contributed by atoms with Crippen LogP contribution < -0.4 is 10.7 Å². The molecule has 0 aliphatic heterocycles. The summed E-state index contributed by atoms with van der Waals surface area (Å²) in [6, 6.07) is 6.77. The third-order valence-electron chi connectivity index (χ3n) is 4.53. The van der Waals surface area contributed by atoms with Crippen LogP contribution in [0.4, 0.5) is 5.69 Å². The van der Waals surface area contributed by atoms with Gasteiger partial charge < -0.3 is 5.32 Å². The summed E-state index contributed by atoms with van der Waals surface area (Å²) in [4.78, 5) is 24.0. The molecule has 1 unspecified atom stereocenters. The monoisotopic (exact) mass is 353 g/mol. The number of hydrogen-bond donors (Lipinski definition) is 2. The molecule has 1 aliphatic carbocycles. The van der Waals surface area contributed by atoms with E-state index in [2.05, 4.69) is 28.5 Å². The van der Waals surface area contributed by atoms with Crippen LogP contribution in [0.1, 0.15) is 50.9 Å². The Balaban J connectivity index is 2.01. The number of nitrogens with zero attached hydrogens (tertiary/aromatic N) is 1. The Morgan fingerprint density at radius 2 is 1.88 bits per heavy atom. The number of hydrazone groups is 1. The maximum Gasteiger partial charge on any atom is 0.271 e. The zero-order valence-corrected chi connectivity index (χ0v) is 15.9. The second kappa shape index (κ2) is 8.61. The number of carbonyl (C=O) groups is 2. The van der Waals surface area contributed by atoms with Crippen LogP contribution in [-0.4, -0.2) is 17.5 Å². The third kappa shape index (κ3) is 5.15. The first-order valence-corrected chi connectivity index (χ1v) is 8.88. The molecular formula is C21H27N3O2. The summed E-state index contributed by atoms with van der Waals surface area (Å²) in [5.41, 5.74) is 6.90. The van der Waals surface area contributed by atoms with Crippen molar-refractivity contribution < 1.29 is 9.59 Å². The van der Waals surface area contributed by atoms with Gasteiger partial charge in [-0.1, -0.05) is 32.1 Å². The van der Waals surface area contributed by atoms with Gasteiger partial charge in [0, 0.05) is 17.2 Å². The fourth-order valence-electron chi connectivity index (χ4n) is 2.60. The molecule has 0 spiro atoms. The number of carbonyl (C=O) groups excluding carboxylic acids is 2. The molecule has 0 heterocycles. The van der Waals surface area contributed by atoms with E-state index in [1.807, 2.05) is 27.7 Å². The van der Waals surface area contributed by atoms with Crippen molar-refractivity contribution in [3.8, 4) is 0 Å². The molecule has 5 heteroatoms. The summed E-state index contributed by atoms with van der Waals surface area (Å²) in [6.45, 7) is 11.7. The molecule has 0 saturated heterocycles. The zero-order chi connectivity index (χ0) is 19.3. The Labute approximate surface area is 155 Å². The van der Waals surface area contributed by atoms with Gasteiger partial charge in [0.25, 0.3) is 5.91 Å². The third-order valence-corrected chi connectivity index (χ3v) is 4.53. The van der Waals surface area contributed by atoms with Gasteiger partial charge in [0.2, 0.25) is 5.91 Å². The smallest absolute Gasteiger partial charge is 0.271 e. The van der Waals surface area contributed by atoms with E-state index in [9.17, 15) is 9.59 Å². The molecule has 0 aromatic heterocycles. The van der Waals surface area contributed by atoms with Crippen LogP contribution in [-0.2, 0) is 4.79 Å². The number of amides is 2. The zero-order valence-electron chi connectivity index (χ0n) is 15.9. The van der Waals surface area contributed by atoms with Crippen LogP contribution in [0.15, 0.2) is 53.2 Å². The number of anilines is 1. The molecule has 26 heavy (non-hydrogen) atoms. The fraction of sp³-hybridized carbons (Fsp3) is 0.381. The molecule has 2 rings (SSSR count). The quantitative estimate of drug-likeness (QED) is 0.612. The van der Waals surface area contributed by atoms with Crippen LogP contribution in [0.3, 0.4) is 0 Å². The van der Waals surface area contributed by atoms with E-state index in [0.717, 1.165) is 29.7 Å². The molecule has 0 saturated carbocycles. The van der Waals surface area contributed by atoms with Gasteiger partial charge in [-0.15, -0.1) is 0 Å². The first-order chi connectivity index (χ1) is 12.3. The van der Waals surface area contributed by atoms with Gasteiger partial charge in [0.05, 0.1) is 5.71 Å². The Kier molecular flexibility index (Phi) is 6.50. The Bertz CT molecular complexity index is 758. The number of hydrogen-bond acceptors (Lipinski definition) is 3. The fourth-order valence-corrected chi connectivity index (χ4v) is 2.60. The van der Waals surface area contributed by atoms with Crippen molar-refractivity contribution in [2.24, 2.45) is 16.9 Å². The summed E-state index contributed by atoms with van der Waals surface area (Å²) in [6.07, 6.45) is 3.90. The van der Waals surface area contributed by atoms with E-state index in [4.69, 9.17) is 0 Å². The molecule has 5 nitrogen and oxygen atoms in total. The lowest BCUT2D eigenvalue weighted by molar-refractivity contribution is -0.118. The number of nitrogens with one attached hydrogen (secondary N) is 2. The lowest BCUT2D eigenvalue weighted by Gasteiger charge is -2.22. The van der Waals surface area contributed by atoms with Crippen molar-refractivity contribution in [2.75, 3.05) is 5.32 Å². The summed E-state index contributed by atoms with van der Waals surface area (Å²) < 4.78 is 0. The standard InChI is InChI=1S/C21H27N3O2/c1-13(2)17-7-6-15(5)19(12-17)23-24-21(26)16-8-10-18(11-9-16)22-20(25)14(3)4/h6,8-11,14,17H,1,7,12H2,2-5H3,(H,22,25)(H,24,26)/b23-19+.